The van der Waals surface area contributed by atoms with E-state index in [0.29, 0.717) is 45.9 Å². The van der Waals surface area contributed by atoms with Gasteiger partial charge in [-0.25, -0.2) is 17.6 Å². The van der Waals surface area contributed by atoms with E-state index in [1.807, 2.05) is 6.07 Å². The molecule has 0 radical (unpaired) electrons. The summed E-state index contributed by atoms with van der Waals surface area (Å²) in [6.45, 7) is 0.175. The van der Waals surface area contributed by atoms with Crippen LogP contribution < -0.4 is 19.1 Å². The number of nitrogens with zero attached hydrogens (tertiary/aromatic N) is 1. The largest absolute Gasteiger partial charge is 0.617 e. The van der Waals surface area contributed by atoms with Gasteiger partial charge in [-0.15, -0.1) is 0 Å². The maximum absolute atomic E-state index is 13.2. The predicted octanol–water partition coefficient (Wildman–Crippen LogP) is 6.16. The Hall–Kier alpha value is -3.74. The quantitative estimate of drug-likeness (QED) is 0.201. The van der Waals surface area contributed by atoms with Gasteiger partial charge in [-0.2, -0.15) is 0 Å². The van der Waals surface area contributed by atoms with E-state index in [1.165, 1.54) is 35.6 Å². The second-order valence-electron chi connectivity index (χ2n) is 10.1. The van der Waals surface area contributed by atoms with Gasteiger partial charge < -0.3 is 23.8 Å². The van der Waals surface area contributed by atoms with Crippen molar-refractivity contribution in [3.8, 4) is 28.6 Å². The van der Waals surface area contributed by atoms with Crippen LogP contribution in [0, 0.1) is 5.82 Å². The van der Waals surface area contributed by atoms with Crippen LogP contribution in [0.5, 0.6) is 17.2 Å². The van der Waals surface area contributed by atoms with Crippen molar-refractivity contribution in [2.45, 2.75) is 25.2 Å². The molecule has 1 aliphatic carbocycles. The van der Waals surface area contributed by atoms with Gasteiger partial charge in [0.1, 0.15) is 28.7 Å². The van der Waals surface area contributed by atoms with Crippen LogP contribution in [0.1, 0.15) is 30.7 Å². The summed E-state index contributed by atoms with van der Waals surface area (Å²) in [5.74, 6) is 1.63. The maximum atomic E-state index is 13.2. The number of furan rings is 1. The average molecular weight is 615 g/mol. The van der Waals surface area contributed by atoms with Gasteiger partial charge in [0.2, 0.25) is 10.0 Å². The molecule has 1 atom stereocenters. The van der Waals surface area contributed by atoms with E-state index in [-0.39, 0.29) is 29.8 Å². The number of carbonyl (C=O) groups excluding carboxylic acids is 1. The summed E-state index contributed by atoms with van der Waals surface area (Å²) < 4.78 is 69.8. The highest BCUT2D eigenvalue weighted by molar-refractivity contribution is 7.92. The molecule has 0 aliphatic heterocycles. The highest BCUT2D eigenvalue weighted by Crippen LogP contribution is 2.49. The first-order valence-electron chi connectivity index (χ1n) is 13.3. The molecule has 1 saturated carbocycles. The Labute approximate surface area is 246 Å². The Morgan fingerprint density at radius 2 is 1.76 bits per heavy atom. The molecule has 12 heteroatoms. The summed E-state index contributed by atoms with van der Waals surface area (Å²) in [4.78, 5) is 12.4. The van der Waals surface area contributed by atoms with Crippen molar-refractivity contribution in [3.05, 3.63) is 72.0 Å². The highest BCUT2D eigenvalue weighted by atomic mass is 32.2. The third-order valence-corrected chi connectivity index (χ3v) is 8.88. The molecule has 0 bridgehead atoms. The molecule has 3 aromatic carbocycles. The highest BCUT2D eigenvalue weighted by Gasteiger charge is 2.33. The zero-order chi connectivity index (χ0) is 30.0. The van der Waals surface area contributed by atoms with E-state index >= 15 is 0 Å². The minimum absolute atomic E-state index is 0.156. The van der Waals surface area contributed by atoms with Crippen molar-refractivity contribution in [2.24, 2.45) is 0 Å². The fourth-order valence-electron chi connectivity index (χ4n) is 4.69. The number of sulfonamides is 1. The van der Waals surface area contributed by atoms with Crippen molar-refractivity contribution in [1.82, 2.24) is 5.32 Å². The van der Waals surface area contributed by atoms with Crippen molar-refractivity contribution >= 4 is 43.9 Å². The van der Waals surface area contributed by atoms with Gasteiger partial charge in [-0.05, 0) is 78.9 Å². The average Bonchev–Trinajstić information content (AvgIpc) is 3.74. The topological polar surface area (TPSA) is 121 Å². The van der Waals surface area contributed by atoms with E-state index in [4.69, 9.17) is 13.9 Å². The van der Waals surface area contributed by atoms with Crippen LogP contribution in [-0.4, -0.2) is 50.9 Å². The smallest absolute Gasteiger partial charge is 0.412 e. The number of benzene rings is 3. The molecule has 1 aliphatic rings. The van der Waals surface area contributed by atoms with Crippen LogP contribution in [0.15, 0.2) is 65.1 Å². The molecular formula is C30H31FN2O7S2. The molecule has 1 N–H and O–H groups in total. The standard InChI is InChI=1S/C30H31FN2O7S2/c1-32-30(34)40-29-25-17-24(19-5-6-19)26(33(42(3,36)37)15-4-16-41(2)35)18-27(25)39-28(29)20-7-11-22(12-8-20)38-23-13-9-21(31)10-14-23/h7-14,17-19H,4-6,15-16H2,1-3H3,(H,32,34). The van der Waals surface area contributed by atoms with Crippen molar-refractivity contribution in [2.75, 3.05) is 36.2 Å². The minimum atomic E-state index is -3.66. The molecule has 4 aromatic rings. The van der Waals surface area contributed by atoms with Crippen LogP contribution in [0.4, 0.5) is 14.9 Å². The number of halogens is 1. The normalized spacial score (nSPS) is 14.0. The molecule has 5 rings (SSSR count). The van der Waals surface area contributed by atoms with Crippen LogP contribution >= 0.6 is 0 Å². The molecule has 1 unspecified atom stereocenters. The summed E-state index contributed by atoms with van der Waals surface area (Å²) in [6, 6.07) is 16.1. The lowest BCUT2D eigenvalue weighted by molar-refractivity contribution is 0.203. The Bertz CT molecular complexity index is 1680. The number of anilines is 1. The molecule has 9 nitrogen and oxygen atoms in total. The molecule has 0 saturated heterocycles. The van der Waals surface area contributed by atoms with E-state index in [1.54, 1.807) is 36.6 Å². The number of rotatable bonds is 11. The summed E-state index contributed by atoms with van der Waals surface area (Å²) in [5.41, 5.74) is 2.27. The Balaban J connectivity index is 1.57. The van der Waals surface area contributed by atoms with Gasteiger partial charge in [0.05, 0.1) is 23.6 Å². The first-order chi connectivity index (χ1) is 20.0. The zero-order valence-corrected chi connectivity index (χ0v) is 25.0. The summed E-state index contributed by atoms with van der Waals surface area (Å²) in [7, 11) is -2.21. The van der Waals surface area contributed by atoms with E-state index in [9.17, 15) is 22.2 Å². The van der Waals surface area contributed by atoms with Gasteiger partial charge in [-0.3, -0.25) is 4.31 Å². The number of fused-ring (bicyclic) bond motifs is 1. The van der Waals surface area contributed by atoms with Gasteiger partial charge in [0, 0.05) is 31.6 Å². The number of hydrogen-bond donors (Lipinski definition) is 1. The van der Waals surface area contributed by atoms with Gasteiger partial charge >= 0.3 is 6.09 Å². The van der Waals surface area contributed by atoms with Gasteiger partial charge in [0.15, 0.2) is 11.5 Å². The first-order valence-corrected chi connectivity index (χ1v) is 16.9. The summed E-state index contributed by atoms with van der Waals surface area (Å²) >= 11 is -1.05. The lowest BCUT2D eigenvalue weighted by Crippen LogP contribution is -2.32. The van der Waals surface area contributed by atoms with E-state index in [0.717, 1.165) is 24.7 Å². The first kappa shape index (κ1) is 29.7. The predicted molar refractivity (Wildman–Crippen MR) is 161 cm³/mol. The van der Waals surface area contributed by atoms with Crippen molar-refractivity contribution in [3.63, 3.8) is 0 Å². The van der Waals surface area contributed by atoms with Crippen LogP contribution in [0.3, 0.4) is 0 Å². The maximum Gasteiger partial charge on any atom is 0.412 e. The molecule has 1 amide bonds. The lowest BCUT2D eigenvalue weighted by atomic mass is 10.0. The lowest BCUT2D eigenvalue weighted by Gasteiger charge is -2.25. The SMILES string of the molecule is CNC(=O)Oc1c(-c2ccc(Oc3ccc(F)cc3)cc2)oc2cc(N(CCC[S+](C)[O-])S(C)(=O)=O)c(C3CC3)cc12. The van der Waals surface area contributed by atoms with Crippen molar-refractivity contribution < 1.29 is 36.0 Å². The molecule has 1 aromatic heterocycles. The van der Waals surface area contributed by atoms with Crippen molar-refractivity contribution in [1.29, 1.82) is 0 Å². The Morgan fingerprint density at radius 3 is 2.33 bits per heavy atom. The van der Waals surface area contributed by atoms with Gasteiger partial charge in [-0.1, -0.05) is 11.2 Å². The number of hydrogen-bond acceptors (Lipinski definition) is 7. The van der Waals surface area contributed by atoms with E-state index < -0.39 is 27.3 Å². The number of nitrogens with one attached hydrogen (secondary N) is 1. The fourth-order valence-corrected chi connectivity index (χ4v) is 6.20. The molecule has 42 heavy (non-hydrogen) atoms. The Morgan fingerprint density at radius 1 is 1.12 bits per heavy atom. The number of ether oxygens (including phenoxy) is 2. The molecule has 0 spiro atoms. The monoisotopic (exact) mass is 614 g/mol. The van der Waals surface area contributed by atoms with Crippen LogP contribution in [0.2, 0.25) is 0 Å². The summed E-state index contributed by atoms with van der Waals surface area (Å²) in [6.07, 6.45) is 4.30. The third kappa shape index (κ3) is 6.83. The third-order valence-electron chi connectivity index (χ3n) is 6.84. The molecule has 1 fully saturated rings. The van der Waals surface area contributed by atoms with E-state index in [2.05, 4.69) is 5.32 Å². The number of carbonyl (C=O) groups is 1. The number of amides is 1. The summed E-state index contributed by atoms with van der Waals surface area (Å²) in [5, 5.41) is 2.99. The second-order valence-corrected chi connectivity index (χ2v) is 13.6. The Kier molecular flexibility index (Phi) is 8.67. The van der Waals surface area contributed by atoms with Crippen LogP contribution in [0.25, 0.3) is 22.3 Å². The van der Waals surface area contributed by atoms with Crippen LogP contribution in [-0.2, 0) is 21.2 Å². The molecular weight excluding hydrogens is 583 g/mol. The second kappa shape index (κ2) is 12.2. The molecule has 1 heterocycles. The van der Waals surface area contributed by atoms with Gasteiger partial charge in [0.25, 0.3) is 0 Å². The minimum Gasteiger partial charge on any atom is -0.617 e. The molecule has 222 valence electrons. The zero-order valence-electron chi connectivity index (χ0n) is 23.4. The fraction of sp³-hybridized carbons (Fsp3) is 0.300.